The van der Waals surface area contributed by atoms with Crippen LogP contribution in [-0.2, 0) is 12.8 Å². The monoisotopic (exact) mass is 598 g/mol. The Hall–Kier alpha value is -2.67. The number of fused-ring (bicyclic) bond motifs is 2. The molecule has 1 aliphatic rings. The van der Waals surface area contributed by atoms with Crippen LogP contribution in [0.2, 0.25) is 0 Å². The maximum Gasteiger partial charge on any atom is 0.307 e. The molecule has 0 unspecified atom stereocenters. The first-order valence-electron chi connectivity index (χ1n) is 10.8. The van der Waals surface area contributed by atoms with Crippen LogP contribution in [0.15, 0.2) is 42.7 Å². The molecule has 0 spiro atoms. The van der Waals surface area contributed by atoms with Crippen molar-refractivity contribution in [3.05, 3.63) is 71.9 Å². The number of carbonyl (C=O) groups excluding carboxylic acids is 1. The molecule has 0 aliphatic heterocycles. The van der Waals surface area contributed by atoms with E-state index in [2.05, 4.69) is 53.0 Å². The molecular formula is C25H20Br2N4O2S. The highest BCUT2D eigenvalue weighted by molar-refractivity contribution is 9.11. The van der Waals surface area contributed by atoms with E-state index in [0.29, 0.717) is 5.58 Å². The Bertz CT molecular complexity index is 1520. The zero-order valence-electron chi connectivity index (χ0n) is 18.5. The van der Waals surface area contributed by atoms with Gasteiger partial charge >= 0.3 is 5.91 Å². The molecule has 1 N–H and O–H groups in total. The van der Waals surface area contributed by atoms with Gasteiger partial charge in [-0.2, -0.15) is 10.4 Å². The molecule has 3 heterocycles. The summed E-state index contributed by atoms with van der Waals surface area (Å²) in [5.41, 5.74) is 8.04. The van der Waals surface area contributed by atoms with Gasteiger partial charge in [0.15, 0.2) is 5.76 Å². The fourth-order valence-electron chi connectivity index (χ4n) is 4.46. The molecule has 4 aromatic rings. The van der Waals surface area contributed by atoms with Gasteiger partial charge in [0.1, 0.15) is 16.7 Å². The maximum absolute atomic E-state index is 12.6. The predicted molar refractivity (Wildman–Crippen MR) is 141 cm³/mol. The molecule has 0 atom stereocenters. The predicted octanol–water partition coefficient (Wildman–Crippen LogP) is 6.94. The normalized spacial score (nSPS) is 13.4. The maximum atomic E-state index is 12.6. The van der Waals surface area contributed by atoms with Crippen LogP contribution in [0.5, 0.6) is 0 Å². The SMILES string of the molecule is Cc1cc(/C=N\NC(=O)c2cc3cc(Br)cc(Br)c3o2)c(C)n1-c1sc2c(c1C#N)CCCC2. The fourth-order valence-corrected chi connectivity index (χ4v) is 7.25. The molecule has 0 fully saturated rings. The second kappa shape index (κ2) is 9.17. The van der Waals surface area contributed by atoms with Crippen LogP contribution in [0.1, 0.15) is 56.4 Å². The highest BCUT2D eigenvalue weighted by atomic mass is 79.9. The number of hydrazone groups is 1. The van der Waals surface area contributed by atoms with Crippen molar-refractivity contribution in [2.45, 2.75) is 39.5 Å². The molecule has 6 nitrogen and oxygen atoms in total. The number of nitrogens with one attached hydrogen (secondary N) is 1. The highest BCUT2D eigenvalue weighted by Gasteiger charge is 2.23. The Morgan fingerprint density at radius 2 is 2.03 bits per heavy atom. The van der Waals surface area contributed by atoms with E-state index < -0.39 is 5.91 Å². The molecule has 0 saturated carbocycles. The van der Waals surface area contributed by atoms with Crippen LogP contribution in [0.3, 0.4) is 0 Å². The molecule has 172 valence electrons. The summed E-state index contributed by atoms with van der Waals surface area (Å²) >= 11 is 8.61. The summed E-state index contributed by atoms with van der Waals surface area (Å²) in [5, 5.41) is 15.8. The van der Waals surface area contributed by atoms with E-state index in [9.17, 15) is 10.1 Å². The number of carbonyl (C=O) groups is 1. The Morgan fingerprint density at radius 1 is 1.24 bits per heavy atom. The smallest absolute Gasteiger partial charge is 0.307 e. The van der Waals surface area contributed by atoms with Gasteiger partial charge < -0.3 is 8.98 Å². The quantitative estimate of drug-likeness (QED) is 0.204. The first-order valence-corrected chi connectivity index (χ1v) is 13.2. The number of aromatic nitrogens is 1. The topological polar surface area (TPSA) is 83.3 Å². The second-order valence-corrected chi connectivity index (χ2v) is 11.1. The van der Waals surface area contributed by atoms with Gasteiger partial charge in [-0.1, -0.05) is 15.9 Å². The van der Waals surface area contributed by atoms with Gasteiger partial charge in [-0.3, -0.25) is 4.79 Å². The lowest BCUT2D eigenvalue weighted by atomic mass is 9.96. The second-order valence-electron chi connectivity index (χ2n) is 8.28. The Balaban J connectivity index is 1.39. The number of furan rings is 1. The number of nitriles is 1. The van der Waals surface area contributed by atoms with E-state index in [1.54, 1.807) is 23.6 Å². The van der Waals surface area contributed by atoms with Gasteiger partial charge in [0, 0.05) is 31.7 Å². The van der Waals surface area contributed by atoms with Crippen LogP contribution in [0.4, 0.5) is 0 Å². The zero-order chi connectivity index (χ0) is 24.0. The van der Waals surface area contributed by atoms with Gasteiger partial charge in [0.25, 0.3) is 0 Å². The third-order valence-electron chi connectivity index (χ3n) is 6.07. The summed E-state index contributed by atoms with van der Waals surface area (Å²) < 4.78 is 9.48. The van der Waals surface area contributed by atoms with Crippen molar-refractivity contribution in [2.75, 3.05) is 0 Å². The number of thiophene rings is 1. The molecule has 3 aromatic heterocycles. The Labute approximate surface area is 217 Å². The van der Waals surface area contributed by atoms with Crippen molar-refractivity contribution in [1.82, 2.24) is 9.99 Å². The molecule has 0 saturated heterocycles. The van der Waals surface area contributed by atoms with Gasteiger partial charge in [-0.15, -0.1) is 11.3 Å². The molecule has 9 heteroatoms. The van der Waals surface area contributed by atoms with Crippen LogP contribution >= 0.6 is 43.2 Å². The number of amides is 1. The zero-order valence-corrected chi connectivity index (χ0v) is 22.5. The van der Waals surface area contributed by atoms with Gasteiger partial charge in [-0.05, 0) is 85.3 Å². The Kier molecular flexibility index (Phi) is 6.23. The summed E-state index contributed by atoms with van der Waals surface area (Å²) in [6.07, 6.45) is 5.97. The van der Waals surface area contributed by atoms with Crippen molar-refractivity contribution in [3.8, 4) is 11.1 Å². The number of rotatable bonds is 4. The molecular weight excluding hydrogens is 580 g/mol. The number of hydrogen-bond acceptors (Lipinski definition) is 5. The van der Waals surface area contributed by atoms with Crippen molar-refractivity contribution in [2.24, 2.45) is 5.10 Å². The van der Waals surface area contributed by atoms with Crippen molar-refractivity contribution >= 4 is 66.3 Å². The lowest BCUT2D eigenvalue weighted by Gasteiger charge is -2.10. The lowest BCUT2D eigenvalue weighted by molar-refractivity contribution is 0.0929. The molecule has 1 amide bonds. The summed E-state index contributed by atoms with van der Waals surface area (Å²) in [6, 6.07) is 9.89. The number of aryl methyl sites for hydroxylation is 2. The minimum Gasteiger partial charge on any atom is -0.450 e. The van der Waals surface area contributed by atoms with Crippen LogP contribution in [0.25, 0.3) is 16.0 Å². The first-order chi connectivity index (χ1) is 16.4. The summed E-state index contributed by atoms with van der Waals surface area (Å²) in [7, 11) is 0. The molecule has 1 aromatic carbocycles. The van der Waals surface area contributed by atoms with Crippen molar-refractivity contribution < 1.29 is 9.21 Å². The molecule has 0 radical (unpaired) electrons. The Morgan fingerprint density at radius 3 is 2.82 bits per heavy atom. The van der Waals surface area contributed by atoms with E-state index in [1.165, 1.54) is 16.9 Å². The van der Waals surface area contributed by atoms with E-state index in [1.807, 2.05) is 32.0 Å². The summed E-state index contributed by atoms with van der Waals surface area (Å²) in [6.45, 7) is 4.03. The van der Waals surface area contributed by atoms with Crippen molar-refractivity contribution in [1.29, 1.82) is 5.26 Å². The highest BCUT2D eigenvalue weighted by Crippen LogP contribution is 2.38. The molecule has 5 rings (SSSR count). The third kappa shape index (κ3) is 4.04. The molecule has 0 bridgehead atoms. The van der Waals surface area contributed by atoms with E-state index in [4.69, 9.17) is 4.42 Å². The summed E-state index contributed by atoms with van der Waals surface area (Å²) in [5.74, 6) is -0.249. The number of benzene rings is 1. The fraction of sp³-hybridized carbons (Fsp3) is 0.240. The minimum absolute atomic E-state index is 0.180. The van der Waals surface area contributed by atoms with Gasteiger partial charge in [0.2, 0.25) is 0 Å². The number of halogens is 2. The molecule has 34 heavy (non-hydrogen) atoms. The average Bonchev–Trinajstić information content (AvgIpc) is 3.47. The first kappa shape index (κ1) is 23.1. The third-order valence-corrected chi connectivity index (χ3v) is 8.39. The van der Waals surface area contributed by atoms with E-state index >= 15 is 0 Å². The van der Waals surface area contributed by atoms with E-state index in [-0.39, 0.29) is 5.76 Å². The molecule has 1 aliphatic carbocycles. The summed E-state index contributed by atoms with van der Waals surface area (Å²) in [4.78, 5) is 13.9. The standard InChI is InChI=1S/C25H20Br2N4O2S/c1-13-7-16(14(2)31(13)25-19(11-28)18-5-3-4-6-22(18)34-25)12-29-30-24(32)21-9-15-8-17(26)10-20(27)23(15)33-21/h7-10,12H,3-6H2,1-2H3,(H,30,32)/b29-12-. The minimum atomic E-state index is -0.429. The van der Waals surface area contributed by atoms with E-state index in [0.717, 1.165) is 61.1 Å². The number of nitrogens with zero attached hydrogens (tertiary/aromatic N) is 3. The van der Waals surface area contributed by atoms with Crippen LogP contribution in [-0.4, -0.2) is 16.7 Å². The van der Waals surface area contributed by atoms with Crippen molar-refractivity contribution in [3.63, 3.8) is 0 Å². The van der Waals surface area contributed by atoms with Gasteiger partial charge in [-0.25, -0.2) is 5.43 Å². The average molecular weight is 600 g/mol. The lowest BCUT2D eigenvalue weighted by Crippen LogP contribution is -2.16. The van der Waals surface area contributed by atoms with Crippen LogP contribution in [0, 0.1) is 25.2 Å². The van der Waals surface area contributed by atoms with Gasteiger partial charge in [0.05, 0.1) is 16.3 Å². The number of hydrogen-bond donors (Lipinski definition) is 1. The largest absolute Gasteiger partial charge is 0.450 e. The van der Waals surface area contributed by atoms with Crippen LogP contribution < -0.4 is 5.43 Å².